The number of alkyl halides is 56. The van der Waals surface area contributed by atoms with Gasteiger partial charge >= 0.3 is 187 Å². The van der Waals surface area contributed by atoms with Crippen molar-refractivity contribution in [1.29, 1.82) is 0 Å². The molecule has 0 amide bonds. The second-order valence-corrected chi connectivity index (χ2v) is 26.3. The number of nitro groups is 2. The first-order valence-electron chi connectivity index (χ1n) is 33.6. The fourth-order valence-electron chi connectivity index (χ4n) is 8.97. The summed E-state index contributed by atoms with van der Waals surface area (Å²) in [6, 6.07) is 30.9. The van der Waals surface area contributed by atoms with E-state index in [9.17, 15) is 257 Å². The Hall–Kier alpha value is -7.98. The van der Waals surface area contributed by atoms with Gasteiger partial charge in [-0.15, -0.1) is 0 Å². The van der Waals surface area contributed by atoms with E-state index in [1.165, 1.54) is 50.6 Å². The molecule has 139 heavy (non-hydrogen) atoms. The fourth-order valence-corrected chi connectivity index (χ4v) is 8.97. The molecular weight excluding hydrogens is 2140 g/mol. The van der Waals surface area contributed by atoms with Crippen LogP contribution in [0.5, 0.6) is 0 Å². The molecule has 0 bridgehead atoms. The topological polar surface area (TPSA) is 208 Å². The summed E-state index contributed by atoms with van der Waals surface area (Å²) in [6.07, 6.45) is -149. The van der Waals surface area contributed by atoms with Gasteiger partial charge in [0.2, 0.25) is 12.7 Å². The maximum absolute atomic E-state index is 15.1. The zero-order valence-corrected chi connectivity index (χ0v) is 67.7. The van der Waals surface area contributed by atoms with Gasteiger partial charge in [0.25, 0.3) is 11.3 Å². The van der Waals surface area contributed by atoms with E-state index in [1.807, 2.05) is 65.4 Å². The molecule has 0 aliphatic rings. The molecule has 4 aromatic carbocycles. The van der Waals surface area contributed by atoms with Crippen molar-refractivity contribution in [3.8, 4) is 0 Å². The zero-order chi connectivity index (χ0) is 109. The number of ether oxygens (including phenoxy) is 11. The van der Waals surface area contributed by atoms with E-state index in [-0.39, 0.29) is 42.1 Å². The van der Waals surface area contributed by atoms with Crippen LogP contribution in [0.3, 0.4) is 0 Å². The predicted octanol–water partition coefficient (Wildman–Crippen LogP) is 21.0. The van der Waals surface area contributed by atoms with E-state index in [2.05, 4.69) is 9.47 Å². The predicted molar refractivity (Wildman–Crippen MR) is 327 cm³/mol. The summed E-state index contributed by atoms with van der Waals surface area (Å²) in [7, 11) is 0. The van der Waals surface area contributed by atoms with Crippen LogP contribution in [-0.2, 0) is 57.7 Å². The largest absolute Gasteiger partial charge is 1.00 e. The molecule has 0 saturated heterocycles. The molecule has 0 fully saturated rings. The smallest absolute Gasteiger partial charge is 1.00 e. The molecule has 4 rings (SSSR count). The van der Waals surface area contributed by atoms with E-state index < -0.39 is 244 Å². The molecule has 798 valence electrons. The average Bonchev–Trinajstić information content (AvgIpc) is 0.707. The first kappa shape index (κ1) is 129. The van der Waals surface area contributed by atoms with E-state index in [0.29, 0.717) is 5.57 Å². The maximum Gasteiger partial charge on any atom is 1.00 e. The van der Waals surface area contributed by atoms with Crippen molar-refractivity contribution in [3.63, 3.8) is 0 Å². The van der Waals surface area contributed by atoms with Gasteiger partial charge in [-0.1, -0.05) is 121 Å². The summed E-state index contributed by atoms with van der Waals surface area (Å²) in [5.41, 5.74) is -14.1. The van der Waals surface area contributed by atoms with Gasteiger partial charge in [0.05, 0.1) is 36.9 Å². The Bertz CT molecular complexity index is 4560. The van der Waals surface area contributed by atoms with Crippen LogP contribution in [0.2, 0.25) is 0 Å². The minimum Gasteiger partial charge on any atom is -1.00 e. The molecule has 18 nitrogen and oxygen atoms in total. The molecule has 10 unspecified atom stereocenters. The van der Waals surface area contributed by atoms with Crippen molar-refractivity contribution in [3.05, 3.63) is 170 Å². The summed E-state index contributed by atoms with van der Waals surface area (Å²) in [4.78, 5) is 20.8. The Morgan fingerprint density at radius 1 is 0.295 bits per heavy atom. The van der Waals surface area contributed by atoms with Gasteiger partial charge in [0, 0.05) is 4.92 Å². The Kier molecular flexibility index (Phi) is 39.3. The Balaban J connectivity index is 0.00000238. The Morgan fingerprint density at radius 3 is 0.698 bits per heavy atom. The van der Waals surface area contributed by atoms with Crippen LogP contribution in [0, 0.1) is 20.2 Å². The molecule has 0 spiro atoms. The zero-order valence-electron chi connectivity index (χ0n) is 66.7. The van der Waals surface area contributed by atoms with Gasteiger partial charge in [-0.05, 0) is 36.1 Å². The Labute approximate surface area is 752 Å². The second kappa shape index (κ2) is 42.4. The summed E-state index contributed by atoms with van der Waals surface area (Å²) >= 11 is 0. The average molecular weight is 2180 g/mol. The van der Waals surface area contributed by atoms with Crippen molar-refractivity contribution >= 4 is 5.57 Å². The van der Waals surface area contributed by atoms with Crippen molar-refractivity contribution < 1.29 is 344 Å². The summed E-state index contributed by atoms with van der Waals surface area (Å²) < 4.78 is 791. The van der Waals surface area contributed by atoms with Crippen LogP contribution in [0.25, 0.3) is 5.57 Å². The van der Waals surface area contributed by atoms with E-state index in [0.717, 1.165) is 55.8 Å². The number of nitrogens with zero attached hydrogens (tertiary/aromatic N) is 2. The molecular formula is C64H43F56N2NaO16. The third-order valence-corrected chi connectivity index (χ3v) is 16.3. The molecule has 0 aliphatic carbocycles. The van der Waals surface area contributed by atoms with E-state index in [4.69, 9.17) is 9.84 Å². The van der Waals surface area contributed by atoms with Gasteiger partial charge in [0.1, 0.15) is 13.2 Å². The number of halogens is 56. The van der Waals surface area contributed by atoms with Gasteiger partial charge in [-0.25, -0.2) is 8.78 Å². The molecule has 0 radical (unpaired) electrons. The minimum absolute atomic E-state index is 0. The SMILES string of the molecule is CC(F)(C(F)(F)F)C(F)(F)OC(F)(C(F)(F)F)C(F)(F)OC(F)(C(F)(F)F)C(F)(F)OC(F)(C(F)(F)F)C(F)(F)OC(F)(COCCO)C(F)(F)F.CC(F)(C(F)(F)F)C(F)(F)OC(F)(C(F)(F)F)C(F)(F)OC(F)(C(F)(F)F)C(F)(F)OC(F)(C(F)(F)F)C(F)(F)OC(F)(COCCOC(C[N+](=O)[O-])(c1ccccc1)c1ccccc1)C(F)(F)F.O=[N+]([O-])C=C(c1ccccc1)c1ccccc1.[H-].[Na+]. The molecule has 0 heterocycles. The molecule has 0 saturated carbocycles. The van der Waals surface area contributed by atoms with Crippen molar-refractivity contribution in [2.24, 2.45) is 0 Å². The fraction of sp³-hybridized carbons (Fsp3) is 0.594. The number of aliphatic hydroxyl groups excluding tert-OH is 1. The van der Waals surface area contributed by atoms with E-state index >= 15 is 8.78 Å². The van der Waals surface area contributed by atoms with Gasteiger partial charge in [-0.3, -0.25) is 58.1 Å². The first-order chi connectivity index (χ1) is 60.8. The number of hydrogen-bond donors (Lipinski definition) is 1. The molecule has 4 aromatic rings. The second-order valence-electron chi connectivity index (χ2n) is 26.3. The van der Waals surface area contributed by atoms with Crippen molar-refractivity contribution in [2.45, 2.75) is 188 Å². The summed E-state index contributed by atoms with van der Waals surface area (Å²) in [6.45, 7) is -17.7. The maximum atomic E-state index is 15.1. The van der Waals surface area contributed by atoms with Crippen LogP contribution in [0.15, 0.2) is 128 Å². The van der Waals surface area contributed by atoms with Crippen LogP contribution < -0.4 is 29.6 Å². The van der Waals surface area contributed by atoms with Crippen molar-refractivity contribution in [1.82, 2.24) is 0 Å². The normalized spacial score (nSPS) is 18.5. The monoisotopic (exact) mass is 2180 g/mol. The number of aliphatic hydroxyl groups is 1. The van der Waals surface area contributed by atoms with Crippen LogP contribution in [0.4, 0.5) is 246 Å². The van der Waals surface area contributed by atoms with Gasteiger partial charge in [-0.2, -0.15) is 237 Å². The molecule has 0 aliphatic heterocycles. The third-order valence-electron chi connectivity index (χ3n) is 16.3. The van der Waals surface area contributed by atoms with Gasteiger partial charge < -0.3 is 20.7 Å². The first-order valence-corrected chi connectivity index (χ1v) is 33.6. The number of hydrogen-bond acceptors (Lipinski definition) is 16. The molecule has 10 atom stereocenters. The quantitative estimate of drug-likeness (QED) is 0.0144. The standard InChI is InChI=1S/C32H21F28NO8.C18H10F28O6.C14H11NO2.Na.H/c1-18(33,24(38,39)40)29(53,54)67-22(36,27(47,48)49)31(57,58)69-23(37,28(50,51)52)32(59,60)68-21(35,26(44,45)46)30(55,56)66-20(34,25(41,42)43)15-64-12-13-65-19(14-61(62)63,16-8-4-2-5-9-16)17-10-6-3-7-11-17;1-5(19,10(24,25)26)15(39,40)50-8(22,13(33,34)35)17(43,44)52-9(23,14(36,37)38)18(45,46)51-7(21,12(30,31)32)16(41,42)49-6(20,11(27,28)29)4-48-3-2-47;16-15(17)11-14(12-7-3-1-4-8-12)13-9-5-2-6-10-13;;/h2-11H,12-15H2,1H3;47H,2-4H2,1H3;1-11H;;/q;;;+1;-1. The molecule has 75 heteroatoms. The number of rotatable bonds is 41. The Morgan fingerprint density at radius 2 is 0.504 bits per heavy atom. The molecule has 0 aromatic heterocycles. The van der Waals surface area contributed by atoms with E-state index in [1.54, 1.807) is 4.74 Å². The van der Waals surface area contributed by atoms with Crippen LogP contribution in [-0.4, -0.2) is 230 Å². The number of benzene rings is 4. The van der Waals surface area contributed by atoms with Crippen LogP contribution >= 0.6 is 0 Å². The summed E-state index contributed by atoms with van der Waals surface area (Å²) in [5.74, 6) is -67.0. The summed E-state index contributed by atoms with van der Waals surface area (Å²) in [5, 5.41) is 30.6. The van der Waals surface area contributed by atoms with Crippen molar-refractivity contribution in [2.75, 3.05) is 46.2 Å². The minimum atomic E-state index is -9.17. The van der Waals surface area contributed by atoms with Crippen LogP contribution in [0.1, 0.15) is 37.5 Å². The third kappa shape index (κ3) is 27.4. The molecule has 1 N–H and O–H groups in total. The van der Waals surface area contributed by atoms with Gasteiger partial charge in [0.15, 0.2) is 5.60 Å².